The number of aromatic nitrogens is 3. The second-order valence-electron chi connectivity index (χ2n) is 6.42. The highest BCUT2D eigenvalue weighted by atomic mass is 35.5. The zero-order chi connectivity index (χ0) is 22.0. The summed E-state index contributed by atoms with van der Waals surface area (Å²) in [6.07, 6.45) is 0. The van der Waals surface area contributed by atoms with E-state index in [0.29, 0.717) is 27.1 Å². The Balaban J connectivity index is 1.74. The summed E-state index contributed by atoms with van der Waals surface area (Å²) in [6, 6.07) is 19.5. The van der Waals surface area contributed by atoms with Crippen LogP contribution in [0.1, 0.15) is 10.6 Å². The van der Waals surface area contributed by atoms with Gasteiger partial charge in [-0.25, -0.2) is 9.67 Å². The number of non-ortho nitro benzene ring substituents is 1. The maximum absolute atomic E-state index is 12.8. The first-order chi connectivity index (χ1) is 14.9. The Morgan fingerprint density at radius 3 is 2.42 bits per heavy atom. The van der Waals surface area contributed by atoms with E-state index < -0.39 is 10.8 Å². The molecule has 0 atom stereocenters. The summed E-state index contributed by atoms with van der Waals surface area (Å²) in [4.78, 5) is 27.6. The van der Waals surface area contributed by atoms with Gasteiger partial charge in [0, 0.05) is 33.4 Å². The second kappa shape index (κ2) is 8.55. The van der Waals surface area contributed by atoms with Crippen molar-refractivity contribution in [3.05, 3.63) is 98.8 Å². The molecule has 0 spiro atoms. The molecule has 4 rings (SSSR count). The predicted octanol–water partition coefficient (Wildman–Crippen LogP) is 5.40. The van der Waals surface area contributed by atoms with Gasteiger partial charge in [-0.1, -0.05) is 41.4 Å². The third-order valence-corrected chi connectivity index (χ3v) is 4.77. The van der Waals surface area contributed by atoms with Gasteiger partial charge in [0.25, 0.3) is 11.6 Å². The number of nitro groups is 1. The number of hydrogen-bond donors (Lipinski definition) is 1. The highest BCUT2D eigenvalue weighted by molar-refractivity contribution is 6.31. The number of carbonyl (C=O) groups is 1. The summed E-state index contributed by atoms with van der Waals surface area (Å²) in [5.41, 5.74) is 1.41. The zero-order valence-corrected chi connectivity index (χ0v) is 17.2. The number of carbonyl (C=O) groups excluding carboxylic acids is 1. The minimum Gasteiger partial charge on any atom is -0.319 e. The van der Waals surface area contributed by atoms with Crippen LogP contribution in [0.15, 0.2) is 72.8 Å². The Morgan fingerprint density at radius 1 is 0.968 bits per heavy atom. The van der Waals surface area contributed by atoms with E-state index in [2.05, 4.69) is 15.4 Å². The summed E-state index contributed by atoms with van der Waals surface area (Å²) in [6.45, 7) is 0. The Morgan fingerprint density at radius 2 is 1.71 bits per heavy atom. The smallest absolute Gasteiger partial charge is 0.295 e. The van der Waals surface area contributed by atoms with Crippen LogP contribution in [0.4, 0.5) is 11.4 Å². The second-order valence-corrected chi connectivity index (χ2v) is 7.29. The molecule has 8 nitrogen and oxygen atoms in total. The molecule has 0 aliphatic rings. The van der Waals surface area contributed by atoms with Crippen molar-refractivity contribution in [2.24, 2.45) is 0 Å². The molecule has 31 heavy (non-hydrogen) atoms. The van der Waals surface area contributed by atoms with E-state index in [9.17, 15) is 14.9 Å². The van der Waals surface area contributed by atoms with Crippen molar-refractivity contribution in [2.75, 3.05) is 5.32 Å². The molecule has 154 valence electrons. The quantitative estimate of drug-likeness (QED) is 0.321. The lowest BCUT2D eigenvalue weighted by atomic mass is 10.2. The summed E-state index contributed by atoms with van der Waals surface area (Å²) in [5.74, 6) is -0.332. The minimum absolute atomic E-state index is 0.114. The molecule has 1 aromatic heterocycles. The molecular formula is C21H13Cl2N5O3. The summed E-state index contributed by atoms with van der Waals surface area (Å²) in [5, 5.41) is 19.0. The Hall–Kier alpha value is -3.75. The maximum Gasteiger partial charge on any atom is 0.295 e. The van der Waals surface area contributed by atoms with E-state index in [4.69, 9.17) is 23.2 Å². The maximum atomic E-state index is 12.8. The number of nitrogens with one attached hydrogen (secondary N) is 1. The molecule has 0 bridgehead atoms. The Kier molecular flexibility index (Phi) is 5.66. The van der Waals surface area contributed by atoms with Gasteiger partial charge in [0.15, 0.2) is 5.82 Å². The Bertz CT molecular complexity index is 1290. The molecule has 1 amide bonds. The van der Waals surface area contributed by atoms with Gasteiger partial charge in [0.1, 0.15) is 0 Å². The molecule has 0 fully saturated rings. The SMILES string of the molecule is O=C(Nc1cccc([N+](=O)[O-])c1)c1nc(-c2cccc(Cl)c2)n(-c2ccc(Cl)cc2)n1. The van der Waals surface area contributed by atoms with Gasteiger partial charge in [-0.05, 0) is 42.5 Å². The topological polar surface area (TPSA) is 103 Å². The van der Waals surface area contributed by atoms with Crippen LogP contribution in [0.3, 0.4) is 0 Å². The number of halogens is 2. The normalized spacial score (nSPS) is 10.6. The van der Waals surface area contributed by atoms with Crippen LogP contribution in [0, 0.1) is 10.1 Å². The highest BCUT2D eigenvalue weighted by Gasteiger charge is 2.20. The molecule has 0 saturated carbocycles. The molecule has 0 saturated heterocycles. The van der Waals surface area contributed by atoms with Crippen LogP contribution < -0.4 is 5.32 Å². The van der Waals surface area contributed by atoms with Gasteiger partial charge in [0.05, 0.1) is 10.6 Å². The average Bonchev–Trinajstić information content (AvgIpc) is 3.20. The molecule has 0 aliphatic heterocycles. The Labute approximate surface area is 186 Å². The van der Waals surface area contributed by atoms with Crippen LogP contribution >= 0.6 is 23.2 Å². The predicted molar refractivity (Wildman–Crippen MR) is 118 cm³/mol. The third-order valence-electron chi connectivity index (χ3n) is 4.28. The molecule has 3 aromatic carbocycles. The molecule has 1 N–H and O–H groups in total. The number of nitro benzene ring substituents is 1. The molecule has 1 heterocycles. The molecule has 0 aliphatic carbocycles. The monoisotopic (exact) mass is 453 g/mol. The number of rotatable bonds is 5. The fraction of sp³-hybridized carbons (Fsp3) is 0. The van der Waals surface area contributed by atoms with Gasteiger partial charge in [-0.15, -0.1) is 5.10 Å². The number of nitrogens with zero attached hydrogens (tertiary/aromatic N) is 4. The zero-order valence-electron chi connectivity index (χ0n) is 15.7. The average molecular weight is 454 g/mol. The van der Waals surface area contributed by atoms with E-state index in [1.165, 1.54) is 22.9 Å². The number of amides is 1. The summed E-state index contributed by atoms with van der Waals surface area (Å²) in [7, 11) is 0. The van der Waals surface area contributed by atoms with Crippen LogP contribution in [0.25, 0.3) is 17.1 Å². The van der Waals surface area contributed by atoms with E-state index in [1.54, 1.807) is 54.6 Å². The fourth-order valence-corrected chi connectivity index (χ4v) is 3.19. The third kappa shape index (κ3) is 4.55. The first-order valence-electron chi connectivity index (χ1n) is 8.95. The minimum atomic E-state index is -0.614. The van der Waals surface area contributed by atoms with Crippen molar-refractivity contribution in [3.63, 3.8) is 0 Å². The van der Waals surface area contributed by atoms with Gasteiger partial charge < -0.3 is 5.32 Å². The van der Waals surface area contributed by atoms with Gasteiger partial charge in [-0.2, -0.15) is 0 Å². The van der Waals surface area contributed by atoms with Crippen molar-refractivity contribution < 1.29 is 9.72 Å². The van der Waals surface area contributed by atoms with Gasteiger partial charge in [-0.3, -0.25) is 14.9 Å². The largest absolute Gasteiger partial charge is 0.319 e. The fourth-order valence-electron chi connectivity index (χ4n) is 2.87. The van der Waals surface area contributed by atoms with E-state index in [0.717, 1.165) is 0 Å². The van der Waals surface area contributed by atoms with Crippen LogP contribution in [0.5, 0.6) is 0 Å². The first-order valence-corrected chi connectivity index (χ1v) is 9.71. The highest BCUT2D eigenvalue weighted by Crippen LogP contribution is 2.25. The lowest BCUT2D eigenvalue weighted by Gasteiger charge is -2.06. The molecule has 0 radical (unpaired) electrons. The molecule has 4 aromatic rings. The lowest BCUT2D eigenvalue weighted by Crippen LogP contribution is -2.14. The van der Waals surface area contributed by atoms with E-state index in [1.807, 2.05) is 0 Å². The number of hydrogen-bond acceptors (Lipinski definition) is 5. The van der Waals surface area contributed by atoms with Crippen LogP contribution in [-0.4, -0.2) is 25.6 Å². The molecule has 0 unspecified atom stereocenters. The van der Waals surface area contributed by atoms with Crippen molar-refractivity contribution in [1.82, 2.24) is 14.8 Å². The van der Waals surface area contributed by atoms with Crippen molar-refractivity contribution in [3.8, 4) is 17.1 Å². The van der Waals surface area contributed by atoms with Gasteiger partial charge >= 0.3 is 0 Å². The van der Waals surface area contributed by atoms with E-state index in [-0.39, 0.29) is 17.2 Å². The lowest BCUT2D eigenvalue weighted by molar-refractivity contribution is -0.384. The summed E-state index contributed by atoms with van der Waals surface area (Å²) < 4.78 is 1.50. The number of anilines is 1. The van der Waals surface area contributed by atoms with Crippen LogP contribution in [-0.2, 0) is 0 Å². The molecular weight excluding hydrogens is 441 g/mol. The summed E-state index contributed by atoms with van der Waals surface area (Å²) >= 11 is 12.1. The van der Waals surface area contributed by atoms with Gasteiger partial charge in [0.2, 0.25) is 5.82 Å². The van der Waals surface area contributed by atoms with Crippen molar-refractivity contribution in [1.29, 1.82) is 0 Å². The van der Waals surface area contributed by atoms with Crippen molar-refractivity contribution >= 4 is 40.5 Å². The van der Waals surface area contributed by atoms with Crippen molar-refractivity contribution in [2.45, 2.75) is 0 Å². The van der Waals surface area contributed by atoms with E-state index >= 15 is 0 Å². The molecule has 10 heteroatoms. The van der Waals surface area contributed by atoms with Crippen LogP contribution in [0.2, 0.25) is 10.0 Å². The standard InChI is InChI=1S/C21H13Cl2N5O3/c22-14-7-9-17(10-8-14)27-20(13-3-1-4-15(23)11-13)25-19(26-27)21(29)24-16-5-2-6-18(12-16)28(30)31/h1-12H,(H,24,29). The first kappa shape index (κ1) is 20.5. The number of benzene rings is 3.